The van der Waals surface area contributed by atoms with E-state index in [1.807, 2.05) is 6.07 Å². The van der Waals surface area contributed by atoms with E-state index in [0.717, 1.165) is 6.54 Å². The fourth-order valence-corrected chi connectivity index (χ4v) is 1.36. The van der Waals surface area contributed by atoms with Gasteiger partial charge in [-0.15, -0.1) is 0 Å². The maximum absolute atomic E-state index is 8.87. The Balaban J connectivity index is 2.34. The molecule has 0 saturated carbocycles. The molecule has 0 aliphatic carbocycles. The standard InChI is InChI=1S/C11H14N6/c1-11(2,3)5-13-9-8-10(15-6-14-8)17-7(4-12)16-9/h6H,5H2,1-3H3,(H2,13,14,15,16,17). The Hall–Kier alpha value is -2.16. The SMILES string of the molecule is CC(C)(C)CNc1[nH]c(C#N)nc2ncnc1-2. The van der Waals surface area contributed by atoms with Gasteiger partial charge in [-0.3, -0.25) is 0 Å². The van der Waals surface area contributed by atoms with Crippen molar-refractivity contribution in [2.45, 2.75) is 20.8 Å². The molecular weight excluding hydrogens is 216 g/mol. The number of nitriles is 1. The highest BCUT2D eigenvalue weighted by atomic mass is 15.1. The van der Waals surface area contributed by atoms with Gasteiger partial charge in [-0.25, -0.2) is 9.97 Å². The van der Waals surface area contributed by atoms with Crippen LogP contribution in [0.15, 0.2) is 6.33 Å². The molecule has 0 aromatic carbocycles. The van der Waals surface area contributed by atoms with Crippen molar-refractivity contribution < 1.29 is 0 Å². The Bertz CT molecular complexity index is 530. The van der Waals surface area contributed by atoms with Crippen LogP contribution < -0.4 is 5.32 Å². The van der Waals surface area contributed by atoms with Gasteiger partial charge in [0, 0.05) is 6.54 Å². The highest BCUT2D eigenvalue weighted by Gasteiger charge is 2.17. The van der Waals surface area contributed by atoms with Gasteiger partial charge >= 0.3 is 0 Å². The summed E-state index contributed by atoms with van der Waals surface area (Å²) in [6, 6.07) is 1.97. The predicted molar refractivity (Wildman–Crippen MR) is 63.5 cm³/mol. The number of nitrogens with zero attached hydrogens (tertiary/aromatic N) is 4. The van der Waals surface area contributed by atoms with Gasteiger partial charge in [-0.2, -0.15) is 10.2 Å². The summed E-state index contributed by atoms with van der Waals surface area (Å²) >= 11 is 0. The summed E-state index contributed by atoms with van der Waals surface area (Å²) in [6.45, 7) is 7.14. The molecular formula is C11H14N6. The summed E-state index contributed by atoms with van der Waals surface area (Å²) in [5.41, 5.74) is 0.796. The number of imidazole rings is 1. The van der Waals surface area contributed by atoms with Crippen molar-refractivity contribution >= 4 is 5.82 Å². The lowest BCUT2D eigenvalue weighted by molar-refractivity contribution is 0.442. The van der Waals surface area contributed by atoms with Gasteiger partial charge in [0.25, 0.3) is 0 Å². The lowest BCUT2D eigenvalue weighted by Crippen LogP contribution is -2.20. The first-order chi connectivity index (χ1) is 7.99. The number of H-pyrrole nitrogens is 1. The van der Waals surface area contributed by atoms with Crippen molar-refractivity contribution in [1.82, 2.24) is 19.9 Å². The molecule has 0 bridgehead atoms. The zero-order valence-electron chi connectivity index (χ0n) is 10.1. The van der Waals surface area contributed by atoms with Gasteiger partial charge in [-0.05, 0) is 5.41 Å². The number of aromatic amines is 1. The van der Waals surface area contributed by atoms with E-state index in [0.29, 0.717) is 17.3 Å². The molecule has 0 atom stereocenters. The van der Waals surface area contributed by atoms with Crippen LogP contribution in [0.5, 0.6) is 0 Å². The third-order valence-electron chi connectivity index (χ3n) is 2.18. The second-order valence-corrected chi connectivity index (χ2v) is 5.03. The van der Waals surface area contributed by atoms with Gasteiger partial charge in [0.05, 0.1) is 0 Å². The molecule has 0 saturated heterocycles. The summed E-state index contributed by atoms with van der Waals surface area (Å²) in [7, 11) is 0. The van der Waals surface area contributed by atoms with Crippen molar-refractivity contribution in [3.63, 3.8) is 0 Å². The van der Waals surface area contributed by atoms with Crippen molar-refractivity contribution in [1.29, 1.82) is 5.26 Å². The smallest absolute Gasteiger partial charge is 0.213 e. The summed E-state index contributed by atoms with van der Waals surface area (Å²) < 4.78 is 0. The van der Waals surface area contributed by atoms with Crippen molar-refractivity contribution in [2.75, 3.05) is 11.9 Å². The topological polar surface area (TPSA) is 90.3 Å². The maximum atomic E-state index is 8.87. The molecule has 2 N–H and O–H groups in total. The van der Waals surface area contributed by atoms with Crippen LogP contribution in [0, 0.1) is 16.7 Å². The molecule has 0 fully saturated rings. The maximum Gasteiger partial charge on any atom is 0.213 e. The molecule has 2 aliphatic rings. The van der Waals surface area contributed by atoms with Crippen molar-refractivity contribution in [3.8, 4) is 17.6 Å². The van der Waals surface area contributed by atoms with Crippen LogP contribution in [0.2, 0.25) is 0 Å². The third kappa shape index (κ3) is 2.50. The largest absolute Gasteiger partial charge is 0.369 e. The van der Waals surface area contributed by atoms with E-state index in [4.69, 9.17) is 5.26 Å². The Morgan fingerprint density at radius 3 is 2.82 bits per heavy atom. The summed E-state index contributed by atoms with van der Waals surface area (Å²) in [5.74, 6) is 1.41. The van der Waals surface area contributed by atoms with E-state index in [1.165, 1.54) is 6.33 Å². The predicted octanol–water partition coefficient (Wildman–Crippen LogP) is 1.63. The summed E-state index contributed by atoms with van der Waals surface area (Å²) in [4.78, 5) is 15.1. The summed E-state index contributed by atoms with van der Waals surface area (Å²) in [6.07, 6.45) is 1.44. The van der Waals surface area contributed by atoms with Gasteiger partial charge in [0.15, 0.2) is 5.82 Å². The molecule has 2 rings (SSSR count). The molecule has 2 heterocycles. The number of hydrogen-bond donors (Lipinski definition) is 2. The van der Waals surface area contributed by atoms with Crippen LogP contribution in [0.3, 0.4) is 0 Å². The molecule has 0 unspecified atom stereocenters. The number of hydrogen-bond acceptors (Lipinski definition) is 5. The molecule has 0 spiro atoms. The highest BCUT2D eigenvalue weighted by molar-refractivity contribution is 5.67. The minimum Gasteiger partial charge on any atom is -0.369 e. The zero-order chi connectivity index (χ0) is 12.5. The monoisotopic (exact) mass is 230 g/mol. The normalized spacial score (nSPS) is 11.4. The first-order valence-corrected chi connectivity index (χ1v) is 5.34. The minimum atomic E-state index is 0.135. The Morgan fingerprint density at radius 2 is 2.18 bits per heavy atom. The minimum absolute atomic E-state index is 0.135. The first kappa shape index (κ1) is 11.3. The average Bonchev–Trinajstić information content (AvgIpc) is 2.72. The lowest BCUT2D eigenvalue weighted by Gasteiger charge is -2.20. The van der Waals surface area contributed by atoms with Crippen LogP contribution in [0.25, 0.3) is 11.5 Å². The van der Waals surface area contributed by atoms with E-state index < -0.39 is 0 Å². The summed E-state index contributed by atoms with van der Waals surface area (Å²) in [5, 5.41) is 12.1. The number of fused-ring (bicyclic) bond motifs is 1. The van der Waals surface area contributed by atoms with E-state index >= 15 is 0 Å². The molecule has 2 aliphatic heterocycles. The molecule has 6 nitrogen and oxygen atoms in total. The van der Waals surface area contributed by atoms with Crippen LogP contribution in [-0.2, 0) is 0 Å². The highest BCUT2D eigenvalue weighted by Crippen LogP contribution is 2.24. The second-order valence-electron chi connectivity index (χ2n) is 5.03. The van der Waals surface area contributed by atoms with E-state index in [2.05, 4.69) is 46.0 Å². The molecule has 0 aromatic heterocycles. The van der Waals surface area contributed by atoms with E-state index in [-0.39, 0.29) is 11.2 Å². The molecule has 17 heavy (non-hydrogen) atoms. The molecule has 88 valence electrons. The molecule has 6 heteroatoms. The van der Waals surface area contributed by atoms with Gasteiger partial charge in [0.2, 0.25) is 5.82 Å². The number of nitrogens with one attached hydrogen (secondary N) is 2. The molecule has 0 aromatic rings. The number of rotatable bonds is 2. The second kappa shape index (κ2) is 4.01. The van der Waals surface area contributed by atoms with Crippen LogP contribution in [0.1, 0.15) is 26.6 Å². The van der Waals surface area contributed by atoms with Gasteiger partial charge in [-0.1, -0.05) is 20.8 Å². The average molecular weight is 230 g/mol. The Kier molecular flexibility index (Phi) is 2.68. The number of anilines is 1. The van der Waals surface area contributed by atoms with Gasteiger partial charge in [0.1, 0.15) is 23.9 Å². The van der Waals surface area contributed by atoms with E-state index in [9.17, 15) is 0 Å². The molecule has 0 amide bonds. The quantitative estimate of drug-likeness (QED) is 0.818. The van der Waals surface area contributed by atoms with Crippen molar-refractivity contribution in [3.05, 3.63) is 12.2 Å². The Morgan fingerprint density at radius 1 is 1.41 bits per heavy atom. The van der Waals surface area contributed by atoms with Gasteiger partial charge < -0.3 is 10.3 Å². The Labute approximate surface area is 99.5 Å². The number of aromatic nitrogens is 4. The fourth-order valence-electron chi connectivity index (χ4n) is 1.36. The third-order valence-corrected chi connectivity index (χ3v) is 2.18. The fraction of sp³-hybridized carbons (Fsp3) is 0.455. The van der Waals surface area contributed by atoms with Crippen LogP contribution >= 0.6 is 0 Å². The van der Waals surface area contributed by atoms with Crippen molar-refractivity contribution in [2.24, 2.45) is 5.41 Å². The van der Waals surface area contributed by atoms with Crippen LogP contribution in [-0.4, -0.2) is 26.5 Å². The lowest BCUT2D eigenvalue weighted by atomic mass is 9.97. The molecule has 0 radical (unpaired) electrons. The van der Waals surface area contributed by atoms with Crippen LogP contribution in [0.4, 0.5) is 5.82 Å². The zero-order valence-corrected chi connectivity index (χ0v) is 10.1. The first-order valence-electron chi connectivity index (χ1n) is 5.34. The van der Waals surface area contributed by atoms with E-state index in [1.54, 1.807) is 0 Å².